The number of anilines is 2. The molecule has 0 atom stereocenters. The Labute approximate surface area is 226 Å². The molecule has 5 rings (SSSR count). The van der Waals surface area contributed by atoms with E-state index >= 15 is 0 Å². The Hall–Kier alpha value is -3.91. The van der Waals surface area contributed by atoms with Gasteiger partial charge in [0.1, 0.15) is 5.82 Å². The van der Waals surface area contributed by atoms with Crippen LogP contribution in [0.15, 0.2) is 56.8 Å². The number of nitrogens with zero attached hydrogens (tertiary/aromatic N) is 6. The molecule has 0 bridgehead atoms. The number of benzene rings is 2. The first kappa shape index (κ1) is 25.7. The number of nitrogens with one attached hydrogen (secondary N) is 1. The Morgan fingerprint density at radius 3 is 2.53 bits per heavy atom. The van der Waals surface area contributed by atoms with Gasteiger partial charge in [0, 0.05) is 40.3 Å². The number of aromatic nitrogens is 6. The van der Waals surface area contributed by atoms with Crippen LogP contribution in [-0.4, -0.2) is 36.7 Å². The molecule has 3 heterocycles. The van der Waals surface area contributed by atoms with Crippen LogP contribution >= 0.6 is 27.5 Å². The summed E-state index contributed by atoms with van der Waals surface area (Å²) in [7, 11) is 3.66. The molecule has 38 heavy (non-hydrogen) atoms. The van der Waals surface area contributed by atoms with Crippen LogP contribution in [0.3, 0.4) is 0 Å². The maximum absolute atomic E-state index is 14.6. The number of hydrogen-bond donors (Lipinski definition) is 1. The predicted octanol–water partition coefficient (Wildman–Crippen LogP) is 2.56. The molecule has 2 aromatic carbocycles. The van der Waals surface area contributed by atoms with Crippen LogP contribution in [0.1, 0.15) is 5.56 Å². The average Bonchev–Trinajstić information content (AvgIpc) is 3.12. The Kier molecular flexibility index (Phi) is 6.61. The van der Waals surface area contributed by atoms with Crippen molar-refractivity contribution in [3.05, 3.63) is 96.2 Å². The zero-order chi connectivity index (χ0) is 27.3. The maximum atomic E-state index is 14.6. The van der Waals surface area contributed by atoms with Crippen molar-refractivity contribution >= 4 is 63.5 Å². The van der Waals surface area contributed by atoms with Gasteiger partial charge in [-0.3, -0.25) is 14.2 Å². The van der Waals surface area contributed by atoms with E-state index in [2.05, 4.69) is 36.3 Å². The van der Waals surface area contributed by atoms with Crippen LogP contribution in [-0.2, 0) is 13.6 Å². The summed E-state index contributed by atoms with van der Waals surface area (Å²) in [6.45, 7) is -0.586. The van der Waals surface area contributed by atoms with Crippen molar-refractivity contribution in [1.29, 1.82) is 0 Å². The van der Waals surface area contributed by atoms with E-state index in [0.29, 0.717) is 32.4 Å². The van der Waals surface area contributed by atoms with Crippen molar-refractivity contribution in [2.24, 2.45) is 7.05 Å². The zero-order valence-corrected chi connectivity index (χ0v) is 22.0. The fraction of sp³-hybridized carbons (Fsp3) is 0.0870. The summed E-state index contributed by atoms with van der Waals surface area (Å²) in [5.74, 6) is -4.03. The summed E-state index contributed by atoms with van der Waals surface area (Å²) in [6.07, 6.45) is 2.53. The van der Waals surface area contributed by atoms with Crippen molar-refractivity contribution in [3.8, 4) is 5.69 Å². The van der Waals surface area contributed by atoms with Crippen LogP contribution in [0.5, 0.6) is 0 Å². The van der Waals surface area contributed by atoms with E-state index in [0.717, 1.165) is 15.5 Å². The third-order valence-electron chi connectivity index (χ3n) is 5.90. The highest BCUT2D eigenvalue weighted by atomic mass is 79.9. The Balaban J connectivity index is 1.71. The van der Waals surface area contributed by atoms with Gasteiger partial charge in [0.2, 0.25) is 5.95 Å². The lowest BCUT2D eigenvalue weighted by Gasteiger charge is -2.17. The molecule has 0 aliphatic rings. The Morgan fingerprint density at radius 2 is 1.79 bits per heavy atom. The van der Waals surface area contributed by atoms with Crippen molar-refractivity contribution in [2.75, 3.05) is 5.32 Å². The first-order chi connectivity index (χ1) is 18.0. The highest BCUT2D eigenvalue weighted by Crippen LogP contribution is 2.29. The third-order valence-corrected chi connectivity index (χ3v) is 6.76. The molecule has 3 aromatic heterocycles. The van der Waals surface area contributed by atoms with E-state index in [1.54, 1.807) is 23.9 Å². The van der Waals surface area contributed by atoms with Gasteiger partial charge in [-0.25, -0.2) is 27.3 Å². The summed E-state index contributed by atoms with van der Waals surface area (Å²) >= 11 is 9.42. The number of pyridine rings is 1. The number of fused-ring (bicyclic) bond motifs is 1. The monoisotopic (exact) mass is 603 g/mol. The molecule has 0 saturated carbocycles. The van der Waals surface area contributed by atoms with Gasteiger partial charge in [0.05, 0.1) is 34.7 Å². The minimum Gasteiger partial charge on any atom is -0.324 e. The molecule has 0 saturated heterocycles. The molecule has 0 aliphatic heterocycles. The van der Waals surface area contributed by atoms with Crippen LogP contribution in [0.2, 0.25) is 5.02 Å². The van der Waals surface area contributed by atoms with Gasteiger partial charge in [-0.15, -0.1) is 0 Å². The fourth-order valence-corrected chi connectivity index (χ4v) is 4.49. The van der Waals surface area contributed by atoms with Crippen LogP contribution in [0, 0.1) is 17.5 Å². The topological polar surface area (TPSA) is 99.6 Å². The molecule has 0 radical (unpaired) electrons. The van der Waals surface area contributed by atoms with Crippen molar-refractivity contribution in [2.45, 2.75) is 6.54 Å². The minimum absolute atomic E-state index is 0.0136. The lowest BCUT2D eigenvalue weighted by atomic mass is 9.99. The Bertz CT molecular complexity index is 1880. The molecule has 5 aromatic rings. The quantitative estimate of drug-likeness (QED) is 0.245. The summed E-state index contributed by atoms with van der Waals surface area (Å²) in [4.78, 5) is 34.5. The first-order valence-corrected chi connectivity index (χ1v) is 12.1. The molecule has 0 aliphatic carbocycles. The summed E-state index contributed by atoms with van der Waals surface area (Å²) in [5.41, 5.74) is -0.285. The summed E-state index contributed by atoms with van der Waals surface area (Å²) in [6, 6.07) is 5.81. The van der Waals surface area contributed by atoms with Crippen molar-refractivity contribution < 1.29 is 13.2 Å². The predicted molar refractivity (Wildman–Crippen MR) is 142 cm³/mol. The van der Waals surface area contributed by atoms with E-state index in [1.807, 2.05) is 7.85 Å². The van der Waals surface area contributed by atoms with Crippen molar-refractivity contribution in [1.82, 2.24) is 28.9 Å². The van der Waals surface area contributed by atoms with Gasteiger partial charge in [0.15, 0.2) is 19.5 Å². The number of hydrogen-bond acceptors (Lipinski definition) is 6. The second kappa shape index (κ2) is 9.76. The lowest BCUT2D eigenvalue weighted by Crippen LogP contribution is -2.42. The van der Waals surface area contributed by atoms with E-state index < -0.39 is 35.4 Å². The molecule has 0 amide bonds. The SMILES string of the molecule is Bc1c2cc(Nc3nc(=O)n(-c4cncc(Cl)c4)c(=O)n3Cc3cc(F)c(F)cc3F)c(Br)cc2nn1C. The molecule has 0 unspecified atom stereocenters. The smallest absolute Gasteiger partial charge is 0.324 e. The molecule has 9 nitrogen and oxygen atoms in total. The van der Waals surface area contributed by atoms with E-state index in [9.17, 15) is 22.8 Å². The molecule has 192 valence electrons. The molecule has 15 heteroatoms. The van der Waals surface area contributed by atoms with Gasteiger partial charge in [0.25, 0.3) is 0 Å². The van der Waals surface area contributed by atoms with Gasteiger partial charge in [-0.2, -0.15) is 10.1 Å². The van der Waals surface area contributed by atoms with Crippen LogP contribution in [0.25, 0.3) is 16.6 Å². The van der Waals surface area contributed by atoms with Gasteiger partial charge >= 0.3 is 11.4 Å². The first-order valence-electron chi connectivity index (χ1n) is 10.9. The number of aryl methyl sites for hydroxylation is 1. The van der Waals surface area contributed by atoms with Gasteiger partial charge < -0.3 is 5.32 Å². The number of halogens is 5. The molecule has 0 spiro atoms. The average molecular weight is 605 g/mol. The standard InChI is InChI=1S/C23H15BBrClF3N7O2/c1-34-20(24)13-4-19(14(25)5-18(13)33-34)31-21-32-22(37)36(12-3-11(26)7-30-8-12)23(38)35(21)9-10-2-16(28)17(29)6-15(10)27/h2-8H,9,24H2,1H3,(H,31,32,37). The van der Waals surface area contributed by atoms with Crippen LogP contribution < -0.4 is 22.3 Å². The number of rotatable bonds is 5. The maximum Gasteiger partial charge on any atom is 0.359 e. The summed E-state index contributed by atoms with van der Waals surface area (Å²) in [5, 5.41) is 8.28. The highest BCUT2D eigenvalue weighted by molar-refractivity contribution is 9.10. The largest absolute Gasteiger partial charge is 0.359 e. The molecular formula is C23H15BBrClF3N7O2. The van der Waals surface area contributed by atoms with Gasteiger partial charge in [-0.1, -0.05) is 11.6 Å². The third kappa shape index (κ3) is 4.60. The van der Waals surface area contributed by atoms with E-state index in [-0.39, 0.29) is 22.2 Å². The minimum atomic E-state index is -1.38. The lowest BCUT2D eigenvalue weighted by molar-refractivity contribution is 0.487. The highest BCUT2D eigenvalue weighted by Gasteiger charge is 2.20. The molecule has 0 fully saturated rings. The second-order valence-electron chi connectivity index (χ2n) is 8.32. The molecule has 1 N–H and O–H groups in total. The van der Waals surface area contributed by atoms with Crippen molar-refractivity contribution in [3.63, 3.8) is 0 Å². The summed E-state index contributed by atoms with van der Waals surface area (Å²) < 4.78 is 45.9. The fourth-order valence-electron chi connectivity index (χ4n) is 3.89. The Morgan fingerprint density at radius 1 is 1.05 bits per heavy atom. The van der Waals surface area contributed by atoms with E-state index in [4.69, 9.17) is 11.6 Å². The van der Waals surface area contributed by atoms with Gasteiger partial charge in [-0.05, 0) is 40.2 Å². The zero-order valence-electron chi connectivity index (χ0n) is 19.6. The van der Waals surface area contributed by atoms with E-state index in [1.165, 1.54) is 18.5 Å². The second-order valence-corrected chi connectivity index (χ2v) is 9.62. The van der Waals surface area contributed by atoms with Crippen LogP contribution in [0.4, 0.5) is 24.8 Å². The normalized spacial score (nSPS) is 11.3. The molecular weight excluding hydrogens is 589 g/mol.